The molecule has 0 saturated heterocycles. The van der Waals surface area contributed by atoms with E-state index in [1.807, 2.05) is 24.3 Å². The number of hydrogen-bond donors (Lipinski definition) is 1. The number of nitrogens with zero attached hydrogens (tertiary/aromatic N) is 1. The number of carbonyl (C=O) groups excluding carboxylic acids is 1. The highest BCUT2D eigenvalue weighted by atomic mass is 35.5. The monoisotopic (exact) mass is 372 g/mol. The zero-order valence-electron chi connectivity index (χ0n) is 13.2. The molecule has 0 spiro atoms. The van der Waals surface area contributed by atoms with Crippen molar-refractivity contribution in [2.24, 2.45) is 5.16 Å². The van der Waals surface area contributed by atoms with Crippen molar-refractivity contribution in [3.05, 3.63) is 69.3 Å². The lowest BCUT2D eigenvalue weighted by atomic mass is 9.94. The minimum absolute atomic E-state index is 0.130. The average Bonchev–Trinajstić information content (AvgIpc) is 2.99. The lowest BCUT2D eigenvalue weighted by molar-refractivity contribution is 0.0516. The van der Waals surface area contributed by atoms with Crippen LogP contribution in [0, 0.1) is 0 Å². The number of H-pyrrole nitrogens is 1. The molecule has 1 heterocycles. The molecule has 0 bridgehead atoms. The van der Waals surface area contributed by atoms with E-state index in [0.717, 1.165) is 47.1 Å². The molecule has 1 aliphatic carbocycles. The normalized spacial score (nSPS) is 15.4. The molecule has 0 atom stereocenters. The molecule has 4 rings (SSSR count). The summed E-state index contributed by atoms with van der Waals surface area (Å²) < 4.78 is 0. The topological polar surface area (TPSA) is 54.4 Å². The van der Waals surface area contributed by atoms with Gasteiger partial charge < -0.3 is 9.82 Å². The smallest absolute Gasteiger partial charge is 0.358 e. The van der Waals surface area contributed by atoms with E-state index in [0.29, 0.717) is 0 Å². The van der Waals surface area contributed by atoms with Gasteiger partial charge in [-0.2, -0.15) is 0 Å². The fraction of sp³-hybridized carbons (Fsp3) is 0.158. The summed E-state index contributed by atoms with van der Waals surface area (Å²) in [5, 5.41) is 5.71. The Morgan fingerprint density at radius 2 is 1.80 bits per heavy atom. The standard InChI is InChI=1S/C19H14Cl2N2O2/c20-12-6-3-7-13(21)18(12)19(24)25-23-16-10-4-9-15-17(16)11-5-1-2-8-14(11)22-15/h1-3,5-8,22H,4,9-10H2/b23-16+. The number of fused-ring (bicyclic) bond motifs is 3. The largest absolute Gasteiger partial charge is 0.368 e. The Bertz CT molecular complexity index is 988. The molecule has 4 nitrogen and oxygen atoms in total. The predicted octanol–water partition coefficient (Wildman–Crippen LogP) is 5.37. The molecule has 1 aliphatic rings. The summed E-state index contributed by atoms with van der Waals surface area (Å²) in [7, 11) is 0. The van der Waals surface area contributed by atoms with Gasteiger partial charge in [-0.25, -0.2) is 4.79 Å². The Balaban J connectivity index is 1.69. The first-order valence-electron chi connectivity index (χ1n) is 7.97. The minimum Gasteiger partial charge on any atom is -0.358 e. The lowest BCUT2D eigenvalue weighted by Crippen LogP contribution is -2.13. The molecule has 1 aromatic heterocycles. The van der Waals surface area contributed by atoms with Gasteiger partial charge in [0.1, 0.15) is 0 Å². The van der Waals surface area contributed by atoms with Crippen molar-refractivity contribution in [2.75, 3.05) is 0 Å². The number of para-hydroxylation sites is 1. The summed E-state index contributed by atoms with van der Waals surface area (Å²) in [6.07, 6.45) is 2.65. The molecule has 0 saturated carbocycles. The van der Waals surface area contributed by atoms with Crippen molar-refractivity contribution in [1.82, 2.24) is 4.98 Å². The van der Waals surface area contributed by atoms with Gasteiger partial charge in [0.15, 0.2) is 0 Å². The third-order valence-corrected chi connectivity index (χ3v) is 4.95. The molecule has 25 heavy (non-hydrogen) atoms. The van der Waals surface area contributed by atoms with E-state index in [1.54, 1.807) is 18.2 Å². The van der Waals surface area contributed by atoms with Crippen LogP contribution >= 0.6 is 23.2 Å². The van der Waals surface area contributed by atoms with E-state index in [4.69, 9.17) is 28.0 Å². The fourth-order valence-electron chi connectivity index (χ4n) is 3.20. The highest BCUT2D eigenvalue weighted by Gasteiger charge is 2.22. The zero-order chi connectivity index (χ0) is 17.4. The molecular formula is C19H14Cl2N2O2. The van der Waals surface area contributed by atoms with Crippen LogP contribution in [0.4, 0.5) is 0 Å². The Labute approximate surface area is 154 Å². The van der Waals surface area contributed by atoms with Crippen LogP contribution in [0.25, 0.3) is 10.9 Å². The third-order valence-electron chi connectivity index (χ3n) is 4.32. The molecule has 0 aliphatic heterocycles. The van der Waals surface area contributed by atoms with Gasteiger partial charge in [-0.1, -0.05) is 52.6 Å². The zero-order valence-corrected chi connectivity index (χ0v) is 14.7. The number of aryl methyl sites for hydroxylation is 1. The molecule has 6 heteroatoms. The van der Waals surface area contributed by atoms with Gasteiger partial charge in [0.2, 0.25) is 0 Å². The first kappa shape index (κ1) is 16.2. The molecule has 0 unspecified atom stereocenters. The third kappa shape index (κ3) is 2.92. The van der Waals surface area contributed by atoms with Crippen molar-refractivity contribution in [2.45, 2.75) is 19.3 Å². The number of aromatic nitrogens is 1. The number of carbonyl (C=O) groups is 1. The first-order valence-corrected chi connectivity index (χ1v) is 8.73. The average molecular weight is 373 g/mol. The van der Waals surface area contributed by atoms with Gasteiger partial charge in [-0.05, 0) is 37.5 Å². The molecular weight excluding hydrogens is 359 g/mol. The number of oxime groups is 1. The van der Waals surface area contributed by atoms with Crippen molar-refractivity contribution < 1.29 is 9.63 Å². The minimum atomic E-state index is -0.657. The van der Waals surface area contributed by atoms with Crippen LogP contribution in [0.2, 0.25) is 10.0 Å². The van der Waals surface area contributed by atoms with E-state index in [-0.39, 0.29) is 15.6 Å². The van der Waals surface area contributed by atoms with Crippen LogP contribution in [0.1, 0.15) is 34.5 Å². The van der Waals surface area contributed by atoms with Crippen LogP contribution in [0.15, 0.2) is 47.6 Å². The number of rotatable bonds is 2. The van der Waals surface area contributed by atoms with Gasteiger partial charge >= 0.3 is 5.97 Å². The Morgan fingerprint density at radius 3 is 2.60 bits per heavy atom. The second kappa shape index (κ2) is 6.54. The summed E-state index contributed by atoms with van der Waals surface area (Å²) in [5.74, 6) is -0.657. The van der Waals surface area contributed by atoms with Crippen LogP contribution in [0.3, 0.4) is 0 Å². The van der Waals surface area contributed by atoms with Crippen LogP contribution in [0.5, 0.6) is 0 Å². The van der Waals surface area contributed by atoms with E-state index < -0.39 is 5.97 Å². The summed E-state index contributed by atoms with van der Waals surface area (Å²) in [6, 6.07) is 12.9. The molecule has 1 N–H and O–H groups in total. The number of aromatic amines is 1. The SMILES string of the molecule is O=C(O/N=C1\CCCc2[nH]c3ccccc3c21)c1c(Cl)cccc1Cl. The van der Waals surface area contributed by atoms with Crippen molar-refractivity contribution in [3.63, 3.8) is 0 Å². The van der Waals surface area contributed by atoms with Crippen molar-refractivity contribution >= 4 is 45.8 Å². The second-order valence-electron chi connectivity index (χ2n) is 5.89. The fourth-order valence-corrected chi connectivity index (χ4v) is 3.75. The molecule has 0 radical (unpaired) electrons. The summed E-state index contributed by atoms with van der Waals surface area (Å²) in [4.78, 5) is 20.9. The van der Waals surface area contributed by atoms with Gasteiger partial charge in [-0.15, -0.1) is 0 Å². The van der Waals surface area contributed by atoms with Gasteiger partial charge in [0.05, 0.1) is 21.3 Å². The summed E-state index contributed by atoms with van der Waals surface area (Å²) >= 11 is 12.1. The van der Waals surface area contributed by atoms with E-state index >= 15 is 0 Å². The summed E-state index contributed by atoms with van der Waals surface area (Å²) in [5.41, 5.74) is 4.10. The molecule has 0 fully saturated rings. The first-order chi connectivity index (χ1) is 12.1. The highest BCUT2D eigenvalue weighted by molar-refractivity contribution is 6.39. The summed E-state index contributed by atoms with van der Waals surface area (Å²) in [6.45, 7) is 0. The molecule has 0 amide bonds. The van der Waals surface area contributed by atoms with Gasteiger partial charge in [-0.3, -0.25) is 0 Å². The maximum absolute atomic E-state index is 12.3. The van der Waals surface area contributed by atoms with Crippen molar-refractivity contribution in [3.8, 4) is 0 Å². The van der Waals surface area contributed by atoms with Crippen LogP contribution < -0.4 is 0 Å². The number of nitrogens with one attached hydrogen (secondary N) is 1. The van der Waals surface area contributed by atoms with Crippen LogP contribution in [-0.2, 0) is 11.3 Å². The number of hydrogen-bond acceptors (Lipinski definition) is 3. The van der Waals surface area contributed by atoms with Crippen LogP contribution in [-0.4, -0.2) is 16.7 Å². The van der Waals surface area contributed by atoms with E-state index in [9.17, 15) is 4.79 Å². The van der Waals surface area contributed by atoms with E-state index in [1.165, 1.54) is 0 Å². The quantitative estimate of drug-likeness (QED) is 0.485. The molecule has 3 aromatic rings. The maximum atomic E-state index is 12.3. The Kier molecular flexibility index (Phi) is 4.24. The molecule has 126 valence electrons. The van der Waals surface area contributed by atoms with Gasteiger partial charge in [0, 0.05) is 22.2 Å². The lowest BCUT2D eigenvalue weighted by Gasteiger charge is -2.13. The maximum Gasteiger partial charge on any atom is 0.368 e. The van der Waals surface area contributed by atoms with Gasteiger partial charge in [0.25, 0.3) is 0 Å². The second-order valence-corrected chi connectivity index (χ2v) is 6.71. The van der Waals surface area contributed by atoms with Crippen molar-refractivity contribution in [1.29, 1.82) is 0 Å². The Morgan fingerprint density at radius 1 is 1.04 bits per heavy atom. The highest BCUT2D eigenvalue weighted by Crippen LogP contribution is 2.30. The number of halogens is 2. The van der Waals surface area contributed by atoms with E-state index in [2.05, 4.69) is 10.1 Å². The molecule has 2 aromatic carbocycles. The Hall–Kier alpha value is -2.30. The predicted molar refractivity (Wildman–Crippen MR) is 99.7 cm³/mol. The number of benzene rings is 2.